The van der Waals surface area contributed by atoms with E-state index in [0.29, 0.717) is 0 Å². The molecule has 0 aliphatic carbocycles. The van der Waals surface area contributed by atoms with E-state index in [9.17, 15) is 0 Å². The van der Waals surface area contributed by atoms with Gasteiger partial charge in [-0.05, 0) is 24.3 Å². The molecule has 4 rings (SSSR count). The highest BCUT2D eigenvalue weighted by Gasteiger charge is 2.10. The molecule has 0 bridgehead atoms. The molecule has 7 heteroatoms. The molecule has 0 aliphatic rings. The molecule has 0 aliphatic heterocycles. The zero-order valence-corrected chi connectivity index (χ0v) is 12.6. The summed E-state index contributed by atoms with van der Waals surface area (Å²) in [5.74, 6) is 0. The van der Waals surface area contributed by atoms with E-state index in [-0.39, 0.29) is 0 Å². The van der Waals surface area contributed by atoms with Crippen molar-refractivity contribution in [3.63, 3.8) is 0 Å². The summed E-state index contributed by atoms with van der Waals surface area (Å²) in [5.41, 5.74) is 3.68. The fourth-order valence-electron chi connectivity index (χ4n) is 2.31. The number of hydrogen-bond acceptors (Lipinski definition) is 5. The Bertz CT molecular complexity index is 941. The molecule has 0 fully saturated rings. The minimum atomic E-state index is 0.832. The summed E-state index contributed by atoms with van der Waals surface area (Å²) < 4.78 is 3.37. The van der Waals surface area contributed by atoms with Crippen molar-refractivity contribution in [1.82, 2.24) is 29.6 Å². The smallest absolute Gasteiger partial charge is 0.141 e. The first kappa shape index (κ1) is 14.0. The van der Waals surface area contributed by atoms with Crippen LogP contribution in [0.1, 0.15) is 5.56 Å². The first-order valence-electron chi connectivity index (χ1n) is 7.34. The molecule has 0 N–H and O–H groups in total. The average Bonchev–Trinajstić information content (AvgIpc) is 3.31. The molecule has 3 heterocycles. The lowest BCUT2D eigenvalue weighted by molar-refractivity contribution is 0.877. The fraction of sp³-hybridized carbons (Fsp3) is 0. The summed E-state index contributed by atoms with van der Waals surface area (Å²) in [5, 5.41) is 16.5. The molecule has 24 heavy (non-hydrogen) atoms. The maximum absolute atomic E-state index is 4.71. The second kappa shape index (κ2) is 6.25. The summed E-state index contributed by atoms with van der Waals surface area (Å²) in [6, 6.07) is 13.8. The Morgan fingerprint density at radius 2 is 1.67 bits per heavy atom. The van der Waals surface area contributed by atoms with Crippen molar-refractivity contribution in [2.24, 2.45) is 5.10 Å². The molecule has 3 aromatic heterocycles. The van der Waals surface area contributed by atoms with Gasteiger partial charge in [0.2, 0.25) is 0 Å². The number of benzene rings is 1. The van der Waals surface area contributed by atoms with Gasteiger partial charge in [-0.15, -0.1) is 10.2 Å². The lowest BCUT2D eigenvalue weighted by Gasteiger charge is -2.00. The standard InChI is InChI=1S/C17H13N7/c1-2-4-16(5-3-1)24-11-15(10-21-23-12-19-20-13-23)17(22-24)14-6-8-18-9-7-14/h1-13H/b21-10-. The highest BCUT2D eigenvalue weighted by molar-refractivity contribution is 5.88. The van der Waals surface area contributed by atoms with Crippen molar-refractivity contribution in [3.05, 3.63) is 79.3 Å². The number of nitrogens with zero attached hydrogens (tertiary/aromatic N) is 7. The van der Waals surface area contributed by atoms with Crippen LogP contribution in [0.2, 0.25) is 0 Å². The van der Waals surface area contributed by atoms with Gasteiger partial charge in [0.1, 0.15) is 18.3 Å². The lowest BCUT2D eigenvalue weighted by atomic mass is 10.1. The highest BCUT2D eigenvalue weighted by Crippen LogP contribution is 2.22. The van der Waals surface area contributed by atoms with Crippen molar-refractivity contribution >= 4 is 6.21 Å². The van der Waals surface area contributed by atoms with Gasteiger partial charge in [-0.3, -0.25) is 4.98 Å². The van der Waals surface area contributed by atoms with Gasteiger partial charge in [0.15, 0.2) is 0 Å². The van der Waals surface area contributed by atoms with Gasteiger partial charge >= 0.3 is 0 Å². The van der Waals surface area contributed by atoms with Crippen LogP contribution >= 0.6 is 0 Å². The molecule has 0 unspecified atom stereocenters. The van der Waals surface area contributed by atoms with Crippen LogP contribution in [-0.2, 0) is 0 Å². The van der Waals surface area contributed by atoms with Gasteiger partial charge in [0.25, 0.3) is 0 Å². The molecule has 4 aromatic rings. The molecule has 0 spiro atoms. The molecule has 0 saturated carbocycles. The normalized spacial score (nSPS) is 11.2. The molecule has 116 valence electrons. The molecule has 0 radical (unpaired) electrons. The maximum Gasteiger partial charge on any atom is 0.141 e. The molecule has 1 aromatic carbocycles. The van der Waals surface area contributed by atoms with E-state index in [2.05, 4.69) is 20.3 Å². The molecule has 7 nitrogen and oxygen atoms in total. The van der Waals surface area contributed by atoms with Crippen LogP contribution in [0.5, 0.6) is 0 Å². The predicted molar refractivity (Wildman–Crippen MR) is 89.8 cm³/mol. The number of aromatic nitrogens is 6. The third-order valence-corrected chi connectivity index (χ3v) is 3.45. The minimum Gasteiger partial charge on any atom is -0.265 e. The van der Waals surface area contributed by atoms with E-state index in [1.54, 1.807) is 18.6 Å². The predicted octanol–water partition coefficient (Wildman–Crippen LogP) is 2.41. The van der Waals surface area contributed by atoms with Crippen molar-refractivity contribution < 1.29 is 0 Å². The molecule has 0 amide bonds. The van der Waals surface area contributed by atoms with Gasteiger partial charge < -0.3 is 0 Å². The van der Waals surface area contributed by atoms with E-state index < -0.39 is 0 Å². The monoisotopic (exact) mass is 315 g/mol. The lowest BCUT2D eigenvalue weighted by Crippen LogP contribution is -1.93. The number of pyridine rings is 1. The zero-order chi connectivity index (χ0) is 16.2. The number of para-hydroxylation sites is 1. The maximum atomic E-state index is 4.71. The third-order valence-electron chi connectivity index (χ3n) is 3.45. The first-order chi connectivity index (χ1) is 11.9. The first-order valence-corrected chi connectivity index (χ1v) is 7.34. The molecular formula is C17H13N7. The summed E-state index contributed by atoms with van der Waals surface area (Å²) in [7, 11) is 0. The highest BCUT2D eigenvalue weighted by atomic mass is 15.4. The van der Waals surface area contributed by atoms with E-state index in [1.807, 2.05) is 53.3 Å². The van der Waals surface area contributed by atoms with Crippen molar-refractivity contribution in [3.8, 4) is 16.9 Å². The average molecular weight is 315 g/mol. The van der Waals surface area contributed by atoms with Crippen LogP contribution in [0.3, 0.4) is 0 Å². The Kier molecular flexibility index (Phi) is 3.65. The van der Waals surface area contributed by atoms with Crippen molar-refractivity contribution in [2.45, 2.75) is 0 Å². The van der Waals surface area contributed by atoms with Crippen molar-refractivity contribution in [2.75, 3.05) is 0 Å². The Morgan fingerprint density at radius 3 is 2.42 bits per heavy atom. The molecule has 0 saturated heterocycles. The second-order valence-corrected chi connectivity index (χ2v) is 5.04. The Morgan fingerprint density at radius 1 is 0.917 bits per heavy atom. The Balaban J connectivity index is 1.80. The summed E-state index contributed by atoms with van der Waals surface area (Å²) in [4.78, 5) is 4.06. The Labute approximate surface area is 137 Å². The Hall–Kier alpha value is -3.61. The van der Waals surface area contributed by atoms with Crippen LogP contribution in [0.25, 0.3) is 16.9 Å². The molecule has 0 atom stereocenters. The largest absolute Gasteiger partial charge is 0.265 e. The third kappa shape index (κ3) is 2.82. The SMILES string of the molecule is C(=N/n1cnnc1)/c1cn(-c2ccccc2)nc1-c1ccncc1. The van der Waals surface area contributed by atoms with E-state index in [1.165, 1.54) is 17.3 Å². The molecular weight excluding hydrogens is 302 g/mol. The zero-order valence-electron chi connectivity index (χ0n) is 12.6. The van der Waals surface area contributed by atoms with Crippen LogP contribution < -0.4 is 0 Å². The topological polar surface area (TPSA) is 73.8 Å². The van der Waals surface area contributed by atoms with Gasteiger partial charge in [-0.1, -0.05) is 18.2 Å². The van der Waals surface area contributed by atoms with Crippen LogP contribution in [0.15, 0.2) is 78.8 Å². The van der Waals surface area contributed by atoms with Gasteiger partial charge in [-0.2, -0.15) is 10.2 Å². The van der Waals surface area contributed by atoms with Gasteiger partial charge in [0.05, 0.1) is 11.9 Å². The van der Waals surface area contributed by atoms with E-state index in [0.717, 1.165) is 22.5 Å². The van der Waals surface area contributed by atoms with E-state index >= 15 is 0 Å². The van der Waals surface area contributed by atoms with Crippen LogP contribution in [0.4, 0.5) is 0 Å². The number of hydrogen-bond donors (Lipinski definition) is 0. The van der Waals surface area contributed by atoms with Crippen molar-refractivity contribution in [1.29, 1.82) is 0 Å². The van der Waals surface area contributed by atoms with Crippen LogP contribution in [0, 0.1) is 0 Å². The fourth-order valence-corrected chi connectivity index (χ4v) is 2.31. The number of rotatable bonds is 4. The second-order valence-electron chi connectivity index (χ2n) is 5.04. The summed E-state index contributed by atoms with van der Waals surface area (Å²) in [6.45, 7) is 0. The minimum absolute atomic E-state index is 0.832. The quantitative estimate of drug-likeness (QED) is 0.542. The summed E-state index contributed by atoms with van der Waals surface area (Å²) >= 11 is 0. The summed E-state index contributed by atoms with van der Waals surface area (Å²) in [6.07, 6.45) is 10.2. The van der Waals surface area contributed by atoms with E-state index in [4.69, 9.17) is 5.10 Å². The van der Waals surface area contributed by atoms with Gasteiger partial charge in [0, 0.05) is 29.7 Å². The van der Waals surface area contributed by atoms with Gasteiger partial charge in [-0.25, -0.2) is 9.36 Å². The van der Waals surface area contributed by atoms with Crippen LogP contribution in [-0.4, -0.2) is 35.9 Å².